The molecular weight excluding hydrogens is 481 g/mol. The lowest BCUT2D eigenvalue weighted by Gasteiger charge is -2.35. The standard InChI is InChI=1S/C28H29F3N4O2/c1-18-11-14-32-19(2)25(18)33-15-12-21(13-16-33)35-23-9-6-10-24(37-3)26(23)34(27(35)36)17-20-7-4-5-8-22(20)28(29,30)31/h4-11,14,21H,12-13,15-17H2,1-3H3. The van der Waals surface area contributed by atoms with Crippen molar-refractivity contribution in [3.8, 4) is 5.75 Å². The van der Waals surface area contributed by atoms with Crippen LogP contribution in [0.2, 0.25) is 0 Å². The second-order valence-corrected chi connectivity index (χ2v) is 9.50. The van der Waals surface area contributed by atoms with Gasteiger partial charge in [0.05, 0.1) is 36.1 Å². The number of nitrogens with zero attached hydrogens (tertiary/aromatic N) is 4. The van der Waals surface area contributed by atoms with Gasteiger partial charge in [-0.05, 0) is 62.1 Å². The number of pyridine rings is 1. The Morgan fingerprint density at radius 1 is 1.03 bits per heavy atom. The summed E-state index contributed by atoms with van der Waals surface area (Å²) in [7, 11) is 1.50. The molecule has 9 heteroatoms. The van der Waals surface area contributed by atoms with E-state index in [1.54, 1.807) is 22.9 Å². The van der Waals surface area contributed by atoms with Gasteiger partial charge in [-0.3, -0.25) is 14.1 Å². The summed E-state index contributed by atoms with van der Waals surface area (Å²) in [6.45, 7) is 5.36. The summed E-state index contributed by atoms with van der Waals surface area (Å²) in [4.78, 5) is 20.6. The van der Waals surface area contributed by atoms with Gasteiger partial charge in [0.25, 0.3) is 0 Å². The summed E-state index contributed by atoms with van der Waals surface area (Å²) < 4.78 is 49.9. The first kappa shape index (κ1) is 24.9. The topological polar surface area (TPSA) is 52.3 Å². The Hall–Kier alpha value is -3.75. The van der Waals surface area contributed by atoms with Crippen LogP contribution in [0.3, 0.4) is 0 Å². The minimum Gasteiger partial charge on any atom is -0.494 e. The smallest absolute Gasteiger partial charge is 0.416 e. The molecule has 1 aliphatic heterocycles. The predicted molar refractivity (Wildman–Crippen MR) is 137 cm³/mol. The first-order valence-corrected chi connectivity index (χ1v) is 12.3. The van der Waals surface area contributed by atoms with Crippen molar-refractivity contribution in [3.05, 3.63) is 87.6 Å². The van der Waals surface area contributed by atoms with Crippen LogP contribution in [0.25, 0.3) is 11.0 Å². The van der Waals surface area contributed by atoms with E-state index in [2.05, 4.69) is 16.8 Å². The maximum absolute atomic E-state index is 13.8. The fourth-order valence-corrected chi connectivity index (χ4v) is 5.59. The summed E-state index contributed by atoms with van der Waals surface area (Å²) in [6, 6.07) is 12.7. The zero-order valence-corrected chi connectivity index (χ0v) is 21.0. The lowest BCUT2D eigenvalue weighted by molar-refractivity contribution is -0.138. The van der Waals surface area contributed by atoms with Crippen molar-refractivity contribution in [1.82, 2.24) is 14.1 Å². The number of hydrogen-bond donors (Lipinski definition) is 0. The zero-order chi connectivity index (χ0) is 26.3. The number of imidazole rings is 1. The molecule has 1 fully saturated rings. The molecule has 4 aromatic rings. The molecule has 1 saturated heterocycles. The second kappa shape index (κ2) is 9.61. The van der Waals surface area contributed by atoms with Gasteiger partial charge in [-0.2, -0.15) is 13.2 Å². The summed E-state index contributed by atoms with van der Waals surface area (Å²) >= 11 is 0. The molecule has 0 unspecified atom stereocenters. The van der Waals surface area contributed by atoms with E-state index in [4.69, 9.17) is 4.74 Å². The van der Waals surface area contributed by atoms with Gasteiger partial charge in [-0.15, -0.1) is 0 Å². The average Bonchev–Trinajstić information content (AvgIpc) is 3.15. The van der Waals surface area contributed by atoms with Crippen LogP contribution in [-0.4, -0.2) is 34.3 Å². The fourth-order valence-electron chi connectivity index (χ4n) is 5.59. The Morgan fingerprint density at radius 3 is 2.43 bits per heavy atom. The van der Waals surface area contributed by atoms with Crippen LogP contribution in [-0.2, 0) is 12.7 Å². The minimum absolute atomic E-state index is 0.0411. The van der Waals surface area contributed by atoms with Crippen molar-refractivity contribution < 1.29 is 17.9 Å². The van der Waals surface area contributed by atoms with Crippen molar-refractivity contribution >= 4 is 16.7 Å². The van der Waals surface area contributed by atoms with Crippen molar-refractivity contribution in [2.75, 3.05) is 25.1 Å². The number of rotatable bonds is 5. The van der Waals surface area contributed by atoms with Crippen molar-refractivity contribution in [2.24, 2.45) is 0 Å². The third kappa shape index (κ3) is 4.47. The molecule has 2 aromatic heterocycles. The summed E-state index contributed by atoms with van der Waals surface area (Å²) in [6.07, 6.45) is -1.26. The second-order valence-electron chi connectivity index (χ2n) is 9.50. The van der Waals surface area contributed by atoms with Gasteiger partial charge in [0.2, 0.25) is 0 Å². The number of aromatic nitrogens is 3. The van der Waals surface area contributed by atoms with E-state index in [1.165, 1.54) is 23.8 Å². The molecule has 194 valence electrons. The quantitative estimate of drug-likeness (QED) is 0.344. The fraction of sp³-hybridized carbons (Fsp3) is 0.357. The lowest BCUT2D eigenvalue weighted by atomic mass is 10.0. The molecule has 5 rings (SSSR count). The first-order valence-electron chi connectivity index (χ1n) is 12.3. The number of aryl methyl sites for hydroxylation is 2. The molecule has 0 atom stereocenters. The number of hydrogen-bond acceptors (Lipinski definition) is 4. The highest BCUT2D eigenvalue weighted by atomic mass is 19.4. The van der Waals surface area contributed by atoms with Crippen LogP contribution >= 0.6 is 0 Å². The van der Waals surface area contributed by atoms with Gasteiger partial charge in [0, 0.05) is 25.3 Å². The molecular formula is C28H29F3N4O2. The van der Waals surface area contributed by atoms with Gasteiger partial charge < -0.3 is 9.64 Å². The Bertz CT molecular complexity index is 1480. The molecule has 0 N–H and O–H groups in total. The van der Waals surface area contributed by atoms with Gasteiger partial charge in [0.1, 0.15) is 11.3 Å². The number of alkyl halides is 3. The zero-order valence-electron chi connectivity index (χ0n) is 21.0. The van der Waals surface area contributed by atoms with Gasteiger partial charge in [0.15, 0.2) is 0 Å². The highest BCUT2D eigenvalue weighted by molar-refractivity contribution is 5.83. The van der Waals surface area contributed by atoms with E-state index >= 15 is 0 Å². The monoisotopic (exact) mass is 510 g/mol. The van der Waals surface area contributed by atoms with E-state index in [9.17, 15) is 18.0 Å². The molecule has 3 heterocycles. The molecule has 6 nitrogen and oxygen atoms in total. The van der Waals surface area contributed by atoms with Crippen LogP contribution in [0.15, 0.2) is 59.5 Å². The molecule has 0 saturated carbocycles. The Labute approximate surface area is 212 Å². The molecule has 0 aliphatic carbocycles. The normalized spacial score (nSPS) is 14.9. The number of para-hydroxylation sites is 1. The Balaban J connectivity index is 1.55. The van der Waals surface area contributed by atoms with E-state index in [-0.39, 0.29) is 23.8 Å². The number of halogens is 3. The van der Waals surface area contributed by atoms with Crippen LogP contribution in [0.4, 0.5) is 18.9 Å². The van der Waals surface area contributed by atoms with E-state index < -0.39 is 11.7 Å². The van der Waals surface area contributed by atoms with Crippen molar-refractivity contribution in [2.45, 2.75) is 45.5 Å². The largest absolute Gasteiger partial charge is 0.494 e. The number of fused-ring (bicyclic) bond motifs is 1. The molecule has 0 amide bonds. The Kier molecular flexibility index (Phi) is 6.47. The third-order valence-electron chi connectivity index (χ3n) is 7.27. The van der Waals surface area contributed by atoms with E-state index in [0.717, 1.165) is 48.9 Å². The number of anilines is 1. The molecule has 2 aromatic carbocycles. The molecule has 1 aliphatic rings. The van der Waals surface area contributed by atoms with Crippen LogP contribution in [0, 0.1) is 13.8 Å². The predicted octanol–water partition coefficient (Wildman–Crippen LogP) is 5.73. The van der Waals surface area contributed by atoms with Gasteiger partial charge in [-0.1, -0.05) is 24.3 Å². The van der Waals surface area contributed by atoms with Gasteiger partial charge >= 0.3 is 11.9 Å². The number of ether oxygens (including phenoxy) is 1. The molecule has 37 heavy (non-hydrogen) atoms. The summed E-state index contributed by atoms with van der Waals surface area (Å²) in [5.74, 6) is 0.455. The SMILES string of the molecule is COc1cccc2c1n(Cc1ccccc1C(F)(F)F)c(=O)n2C1CCN(c2c(C)ccnc2C)CC1. The van der Waals surface area contributed by atoms with Crippen molar-refractivity contribution in [1.29, 1.82) is 0 Å². The van der Waals surface area contributed by atoms with Crippen LogP contribution in [0.5, 0.6) is 5.75 Å². The third-order valence-corrected chi connectivity index (χ3v) is 7.27. The van der Waals surface area contributed by atoms with E-state index in [0.29, 0.717) is 16.8 Å². The van der Waals surface area contributed by atoms with Crippen molar-refractivity contribution in [3.63, 3.8) is 0 Å². The van der Waals surface area contributed by atoms with Gasteiger partial charge in [-0.25, -0.2) is 4.79 Å². The maximum Gasteiger partial charge on any atom is 0.416 e. The Morgan fingerprint density at radius 2 is 1.76 bits per heavy atom. The molecule has 0 spiro atoms. The number of benzene rings is 2. The summed E-state index contributed by atoms with van der Waals surface area (Å²) in [5, 5.41) is 0. The summed E-state index contributed by atoms with van der Waals surface area (Å²) in [5.41, 5.74) is 3.40. The van der Waals surface area contributed by atoms with E-state index in [1.807, 2.05) is 25.1 Å². The van der Waals surface area contributed by atoms with Crippen LogP contribution < -0.4 is 15.3 Å². The number of methoxy groups -OCH3 is 1. The maximum atomic E-state index is 13.8. The molecule has 0 bridgehead atoms. The molecule has 0 radical (unpaired) electrons. The first-order chi connectivity index (χ1) is 17.7. The number of piperidine rings is 1. The highest BCUT2D eigenvalue weighted by Crippen LogP contribution is 2.35. The van der Waals surface area contributed by atoms with Crippen LogP contribution in [0.1, 0.15) is 41.3 Å². The highest BCUT2D eigenvalue weighted by Gasteiger charge is 2.34. The lowest BCUT2D eigenvalue weighted by Crippen LogP contribution is -2.38. The minimum atomic E-state index is -4.52. The average molecular weight is 511 g/mol.